The molecule has 0 aromatic heterocycles. The van der Waals surface area contributed by atoms with Crippen molar-refractivity contribution in [1.29, 1.82) is 0 Å². The number of nitrogens with one attached hydrogen (secondary N) is 2. The summed E-state index contributed by atoms with van der Waals surface area (Å²) in [7, 11) is 1.37. The molecule has 2 aliphatic rings. The van der Waals surface area contributed by atoms with Crippen molar-refractivity contribution < 1.29 is 29.0 Å². The van der Waals surface area contributed by atoms with E-state index in [0.717, 1.165) is 22.3 Å². The molecule has 2 aliphatic carbocycles. The molecule has 0 heterocycles. The summed E-state index contributed by atoms with van der Waals surface area (Å²) in [6.07, 6.45) is 0.364. The number of methoxy groups -OCH3 is 1. The first-order valence-corrected chi connectivity index (χ1v) is 10.6. The van der Waals surface area contributed by atoms with Crippen molar-refractivity contribution in [2.45, 2.75) is 30.8 Å². The standard InChI is InChI=1S/C24H26N2O6/c1-31-13-21(23(28)29)26-22(27)14-10-15(11-14)25-24(30)32-12-20-18-8-4-2-6-16(18)17-7-3-5-9-19(17)20/h2-9,14-15,20-21H,10-13H2,1H3,(H,25,30)(H,26,27)(H,28,29)/t14?,15?,21-/m0/s1. The first-order valence-electron chi connectivity index (χ1n) is 10.6. The van der Waals surface area contributed by atoms with Gasteiger partial charge in [0.2, 0.25) is 5.91 Å². The Morgan fingerprint density at radius 2 is 1.62 bits per heavy atom. The molecular formula is C24H26N2O6. The third-order valence-electron chi connectivity index (χ3n) is 6.12. The zero-order chi connectivity index (χ0) is 22.7. The Kier molecular flexibility index (Phi) is 6.41. The number of carboxylic acids is 1. The Labute approximate surface area is 185 Å². The van der Waals surface area contributed by atoms with E-state index >= 15 is 0 Å². The van der Waals surface area contributed by atoms with Gasteiger partial charge in [-0.3, -0.25) is 4.79 Å². The summed E-state index contributed by atoms with van der Waals surface area (Å²) in [4.78, 5) is 35.7. The van der Waals surface area contributed by atoms with Crippen LogP contribution in [-0.4, -0.2) is 55.5 Å². The Balaban J connectivity index is 1.26. The molecule has 1 fully saturated rings. The molecule has 0 spiro atoms. The first kappa shape index (κ1) is 21.8. The third kappa shape index (κ3) is 4.45. The zero-order valence-electron chi connectivity index (χ0n) is 17.7. The molecule has 32 heavy (non-hydrogen) atoms. The van der Waals surface area contributed by atoms with Crippen molar-refractivity contribution in [2.24, 2.45) is 5.92 Å². The molecule has 8 nitrogen and oxygen atoms in total. The van der Waals surface area contributed by atoms with Crippen LogP contribution in [0.2, 0.25) is 0 Å². The van der Waals surface area contributed by atoms with Crippen molar-refractivity contribution in [2.75, 3.05) is 20.3 Å². The van der Waals surface area contributed by atoms with Crippen molar-refractivity contribution in [3.05, 3.63) is 59.7 Å². The van der Waals surface area contributed by atoms with E-state index in [9.17, 15) is 14.4 Å². The van der Waals surface area contributed by atoms with Crippen LogP contribution in [0, 0.1) is 5.92 Å². The number of hydrogen-bond donors (Lipinski definition) is 3. The normalized spacial score (nSPS) is 19.8. The van der Waals surface area contributed by atoms with Gasteiger partial charge in [-0.25, -0.2) is 9.59 Å². The van der Waals surface area contributed by atoms with E-state index in [2.05, 4.69) is 34.9 Å². The smallest absolute Gasteiger partial charge is 0.407 e. The molecule has 0 unspecified atom stereocenters. The number of carbonyl (C=O) groups is 3. The van der Waals surface area contributed by atoms with E-state index < -0.39 is 18.1 Å². The molecule has 1 atom stereocenters. The lowest BCUT2D eigenvalue weighted by atomic mass is 9.79. The number of aliphatic carboxylic acids is 1. The molecule has 3 N–H and O–H groups in total. The highest BCUT2D eigenvalue weighted by Crippen LogP contribution is 2.44. The minimum Gasteiger partial charge on any atom is -0.480 e. The second-order valence-corrected chi connectivity index (χ2v) is 8.19. The quantitative estimate of drug-likeness (QED) is 0.584. The minimum atomic E-state index is -1.15. The van der Waals surface area contributed by atoms with E-state index in [-0.39, 0.29) is 37.0 Å². The summed E-state index contributed by atoms with van der Waals surface area (Å²) in [5.41, 5.74) is 4.62. The van der Waals surface area contributed by atoms with Crippen molar-refractivity contribution in [3.8, 4) is 11.1 Å². The Bertz CT molecular complexity index is 972. The average Bonchev–Trinajstić information content (AvgIpc) is 3.08. The Morgan fingerprint density at radius 3 is 2.19 bits per heavy atom. The lowest BCUT2D eigenvalue weighted by Crippen LogP contribution is -2.53. The summed E-state index contributed by atoms with van der Waals surface area (Å²) in [6.45, 7) is 0.128. The van der Waals surface area contributed by atoms with Gasteiger partial charge in [-0.1, -0.05) is 48.5 Å². The Hall–Kier alpha value is -3.39. The number of carbonyl (C=O) groups excluding carboxylic acids is 2. The predicted molar refractivity (Wildman–Crippen MR) is 116 cm³/mol. The molecule has 4 rings (SSSR count). The van der Waals surface area contributed by atoms with Gasteiger partial charge in [0.15, 0.2) is 6.04 Å². The lowest BCUT2D eigenvalue weighted by molar-refractivity contribution is -0.144. The average molecular weight is 438 g/mol. The van der Waals surface area contributed by atoms with Crippen molar-refractivity contribution in [1.82, 2.24) is 10.6 Å². The molecule has 0 radical (unpaired) electrons. The number of alkyl carbamates (subject to hydrolysis) is 1. The highest BCUT2D eigenvalue weighted by atomic mass is 16.5. The number of carboxylic acid groups (broad SMARTS) is 1. The fraction of sp³-hybridized carbons (Fsp3) is 0.375. The maximum Gasteiger partial charge on any atom is 0.407 e. The number of amides is 2. The van der Waals surface area contributed by atoms with Crippen LogP contribution in [0.1, 0.15) is 29.9 Å². The number of ether oxygens (including phenoxy) is 2. The van der Waals surface area contributed by atoms with Gasteiger partial charge in [-0.05, 0) is 35.1 Å². The molecule has 0 bridgehead atoms. The molecule has 2 aromatic carbocycles. The topological polar surface area (TPSA) is 114 Å². The van der Waals surface area contributed by atoms with E-state index in [1.54, 1.807) is 0 Å². The molecule has 2 amide bonds. The van der Waals surface area contributed by atoms with Crippen LogP contribution < -0.4 is 10.6 Å². The summed E-state index contributed by atoms with van der Waals surface area (Å²) < 4.78 is 10.3. The fourth-order valence-corrected chi connectivity index (χ4v) is 4.39. The number of hydrogen-bond acceptors (Lipinski definition) is 5. The summed E-state index contributed by atoms with van der Waals surface area (Å²) in [5.74, 6) is -1.85. The Morgan fingerprint density at radius 1 is 1.03 bits per heavy atom. The van der Waals surface area contributed by atoms with Crippen LogP contribution >= 0.6 is 0 Å². The summed E-state index contributed by atoms with van der Waals surface area (Å²) in [6, 6.07) is 15.0. The van der Waals surface area contributed by atoms with Crippen molar-refractivity contribution >= 4 is 18.0 Å². The van der Waals surface area contributed by atoms with E-state index in [1.165, 1.54) is 7.11 Å². The highest BCUT2D eigenvalue weighted by Gasteiger charge is 2.37. The van der Waals surface area contributed by atoms with E-state index in [4.69, 9.17) is 14.6 Å². The van der Waals surface area contributed by atoms with Crippen LogP contribution in [0.15, 0.2) is 48.5 Å². The van der Waals surface area contributed by atoms with Gasteiger partial charge in [0.1, 0.15) is 6.61 Å². The largest absolute Gasteiger partial charge is 0.480 e. The van der Waals surface area contributed by atoms with Gasteiger partial charge < -0.3 is 25.2 Å². The molecule has 0 saturated heterocycles. The number of benzene rings is 2. The molecule has 0 aliphatic heterocycles. The van der Waals surface area contributed by atoms with Crippen LogP contribution in [-0.2, 0) is 19.1 Å². The third-order valence-corrected chi connectivity index (χ3v) is 6.12. The highest BCUT2D eigenvalue weighted by molar-refractivity contribution is 5.86. The van der Waals surface area contributed by atoms with Gasteiger partial charge in [0.25, 0.3) is 0 Å². The molecule has 168 valence electrons. The second kappa shape index (κ2) is 9.40. The molecule has 1 saturated carbocycles. The summed E-state index contributed by atoms with van der Waals surface area (Å²) in [5, 5.41) is 14.4. The molecule has 8 heteroatoms. The van der Waals surface area contributed by atoms with Crippen molar-refractivity contribution in [3.63, 3.8) is 0 Å². The number of fused-ring (bicyclic) bond motifs is 3. The molecule has 2 aromatic rings. The monoisotopic (exact) mass is 438 g/mol. The van der Waals surface area contributed by atoms with Gasteiger partial charge in [0, 0.05) is 25.0 Å². The van der Waals surface area contributed by atoms with E-state index in [0.29, 0.717) is 12.8 Å². The van der Waals surface area contributed by atoms with Gasteiger partial charge in [-0.15, -0.1) is 0 Å². The first-order chi connectivity index (χ1) is 15.5. The van der Waals surface area contributed by atoms with Crippen LogP contribution in [0.4, 0.5) is 4.79 Å². The molecular weight excluding hydrogens is 412 g/mol. The van der Waals surface area contributed by atoms with E-state index in [1.807, 2.05) is 24.3 Å². The minimum absolute atomic E-state index is 0.0122. The van der Waals surface area contributed by atoms with Gasteiger partial charge in [0.05, 0.1) is 6.61 Å². The SMILES string of the molecule is COC[C@H](NC(=O)C1CC(NC(=O)OCC2c3ccccc3-c3ccccc32)C1)C(=O)O. The maximum absolute atomic E-state index is 12.3. The van der Waals surface area contributed by atoms with Crippen LogP contribution in [0.3, 0.4) is 0 Å². The zero-order valence-corrected chi connectivity index (χ0v) is 17.7. The fourth-order valence-electron chi connectivity index (χ4n) is 4.39. The number of rotatable bonds is 8. The van der Waals surface area contributed by atoms with Gasteiger partial charge in [-0.2, -0.15) is 0 Å². The maximum atomic E-state index is 12.3. The van der Waals surface area contributed by atoms with Crippen LogP contribution in [0.25, 0.3) is 11.1 Å². The van der Waals surface area contributed by atoms with Crippen LogP contribution in [0.5, 0.6) is 0 Å². The van der Waals surface area contributed by atoms with Gasteiger partial charge >= 0.3 is 12.1 Å². The predicted octanol–water partition coefficient (Wildman–Crippen LogP) is 2.52. The second-order valence-electron chi connectivity index (χ2n) is 8.19. The summed E-state index contributed by atoms with van der Waals surface area (Å²) >= 11 is 0. The lowest BCUT2D eigenvalue weighted by Gasteiger charge is -2.35.